The van der Waals surface area contributed by atoms with Crippen molar-refractivity contribution in [2.24, 2.45) is 0 Å². The molecule has 0 amide bonds. The molecule has 0 N–H and O–H groups in total. The van der Waals surface area contributed by atoms with Crippen LogP contribution in [0.15, 0.2) is 0 Å². The molecule has 0 aromatic heterocycles. The number of unbranched alkanes of at least 4 members (excludes halogenated alkanes) is 12. The van der Waals surface area contributed by atoms with Gasteiger partial charge in [-0.25, -0.2) is 0 Å². The van der Waals surface area contributed by atoms with Crippen LogP contribution in [0.3, 0.4) is 0 Å². The van der Waals surface area contributed by atoms with E-state index >= 15 is 0 Å². The molecule has 0 bridgehead atoms. The van der Waals surface area contributed by atoms with Crippen LogP contribution in [0.1, 0.15) is 136 Å². The van der Waals surface area contributed by atoms with Crippen molar-refractivity contribution in [1.29, 1.82) is 0 Å². The third-order valence-electron chi connectivity index (χ3n) is 5.04. The zero-order valence-corrected chi connectivity index (χ0v) is 18.9. The fraction of sp³-hybridized carbons (Fsp3) is 0.917. The number of hydrogen-bond acceptors (Lipinski definition) is 4. The van der Waals surface area contributed by atoms with E-state index in [0.29, 0.717) is 19.3 Å². The zero-order valence-electron chi connectivity index (χ0n) is 18.9. The molecular weight excluding hydrogens is 352 g/mol. The minimum Gasteiger partial charge on any atom is -0.425 e. The minimum atomic E-state index is -0.701. The van der Waals surface area contributed by atoms with Gasteiger partial charge in [-0.15, -0.1) is 0 Å². The van der Waals surface area contributed by atoms with Gasteiger partial charge in [0.2, 0.25) is 6.29 Å². The van der Waals surface area contributed by atoms with Gasteiger partial charge < -0.3 is 9.47 Å². The van der Waals surface area contributed by atoms with Gasteiger partial charge in [-0.2, -0.15) is 0 Å². The highest BCUT2D eigenvalue weighted by atomic mass is 16.7. The predicted octanol–water partition coefficient (Wildman–Crippen LogP) is 7.48. The lowest BCUT2D eigenvalue weighted by Gasteiger charge is -2.18. The van der Waals surface area contributed by atoms with Crippen LogP contribution in [-0.2, 0) is 19.1 Å². The van der Waals surface area contributed by atoms with Gasteiger partial charge in [-0.3, -0.25) is 9.59 Å². The summed E-state index contributed by atoms with van der Waals surface area (Å²) in [6, 6.07) is 0. The van der Waals surface area contributed by atoms with Gasteiger partial charge in [-0.1, -0.05) is 97.8 Å². The third kappa shape index (κ3) is 18.3. The number of carbonyl (C=O) groups is 2. The molecule has 0 saturated carbocycles. The van der Waals surface area contributed by atoms with E-state index in [1.54, 1.807) is 0 Å². The highest BCUT2D eigenvalue weighted by molar-refractivity contribution is 5.71. The van der Waals surface area contributed by atoms with Gasteiger partial charge in [0.25, 0.3) is 0 Å². The lowest BCUT2D eigenvalue weighted by molar-refractivity contribution is -0.189. The summed E-state index contributed by atoms with van der Waals surface area (Å²) in [4.78, 5) is 24.2. The van der Waals surface area contributed by atoms with Gasteiger partial charge >= 0.3 is 11.9 Å². The monoisotopic (exact) mass is 398 g/mol. The average Bonchev–Trinajstić information content (AvgIpc) is 2.67. The van der Waals surface area contributed by atoms with Gasteiger partial charge in [-0.05, 0) is 19.3 Å². The van der Waals surface area contributed by atoms with Gasteiger partial charge in [0, 0.05) is 19.3 Å². The Morgan fingerprint density at radius 1 is 0.536 bits per heavy atom. The summed E-state index contributed by atoms with van der Waals surface area (Å²) in [5, 5.41) is 0. The molecule has 0 rings (SSSR count). The Morgan fingerprint density at radius 3 is 1.36 bits per heavy atom. The van der Waals surface area contributed by atoms with Crippen LogP contribution in [-0.4, -0.2) is 18.2 Å². The molecule has 0 heterocycles. The summed E-state index contributed by atoms with van der Waals surface area (Å²) in [6.45, 7) is 6.53. The zero-order chi connectivity index (χ0) is 20.9. The Balaban J connectivity index is 4.21. The highest BCUT2D eigenvalue weighted by Crippen LogP contribution is 2.15. The van der Waals surface area contributed by atoms with Gasteiger partial charge in [0.05, 0.1) is 0 Å². The molecule has 0 saturated heterocycles. The van der Waals surface area contributed by atoms with E-state index < -0.39 is 6.29 Å². The van der Waals surface area contributed by atoms with E-state index in [1.807, 2.05) is 0 Å². The van der Waals surface area contributed by atoms with Crippen molar-refractivity contribution in [3.63, 3.8) is 0 Å². The summed E-state index contributed by atoms with van der Waals surface area (Å²) in [5.41, 5.74) is 0. The normalized spacial score (nSPS) is 12.0. The Hall–Kier alpha value is -1.06. The third-order valence-corrected chi connectivity index (χ3v) is 5.04. The molecule has 1 atom stereocenters. The van der Waals surface area contributed by atoms with E-state index in [1.165, 1.54) is 38.5 Å². The van der Waals surface area contributed by atoms with Crippen molar-refractivity contribution in [2.75, 3.05) is 0 Å². The highest BCUT2D eigenvalue weighted by Gasteiger charge is 2.18. The molecule has 0 aliphatic heterocycles. The Bertz CT molecular complexity index is 368. The summed E-state index contributed by atoms with van der Waals surface area (Å²) in [7, 11) is 0. The van der Waals surface area contributed by atoms with E-state index in [-0.39, 0.29) is 11.9 Å². The van der Waals surface area contributed by atoms with Crippen LogP contribution < -0.4 is 0 Å². The van der Waals surface area contributed by atoms with E-state index in [9.17, 15) is 9.59 Å². The first-order valence-corrected chi connectivity index (χ1v) is 12.0. The molecule has 0 spiro atoms. The molecular formula is C24H46O4. The van der Waals surface area contributed by atoms with Crippen LogP contribution in [0.25, 0.3) is 0 Å². The Kier molecular flexibility index (Phi) is 19.9. The standard InChI is InChI=1S/C24H46O4/c1-4-7-10-13-15-18-21-24(27-22(25)19-16-12-9-6-3)28-23(26)20-17-14-11-8-5-2/h24H,4-21H2,1-3H3. The predicted molar refractivity (Wildman–Crippen MR) is 116 cm³/mol. The maximum Gasteiger partial charge on any atom is 0.308 e. The maximum atomic E-state index is 12.1. The second kappa shape index (κ2) is 20.7. The van der Waals surface area contributed by atoms with Crippen LogP contribution in [0.4, 0.5) is 0 Å². The number of carbonyl (C=O) groups excluding carboxylic acids is 2. The second-order valence-corrected chi connectivity index (χ2v) is 7.94. The van der Waals surface area contributed by atoms with Crippen LogP contribution in [0.2, 0.25) is 0 Å². The average molecular weight is 399 g/mol. The lowest BCUT2D eigenvalue weighted by atomic mass is 10.1. The van der Waals surface area contributed by atoms with E-state index in [2.05, 4.69) is 20.8 Å². The van der Waals surface area contributed by atoms with Crippen molar-refractivity contribution < 1.29 is 19.1 Å². The van der Waals surface area contributed by atoms with Crippen LogP contribution in [0.5, 0.6) is 0 Å². The molecule has 0 aromatic carbocycles. The molecule has 166 valence electrons. The van der Waals surface area contributed by atoms with Crippen molar-refractivity contribution in [2.45, 2.75) is 143 Å². The fourth-order valence-corrected chi connectivity index (χ4v) is 3.21. The van der Waals surface area contributed by atoms with Gasteiger partial charge in [0.15, 0.2) is 0 Å². The Morgan fingerprint density at radius 2 is 0.893 bits per heavy atom. The lowest BCUT2D eigenvalue weighted by Crippen LogP contribution is -2.24. The SMILES string of the molecule is CCCCCCCCC(OC(=O)CCCCCC)OC(=O)CCCCCCC. The first kappa shape index (κ1) is 26.9. The van der Waals surface area contributed by atoms with Crippen LogP contribution >= 0.6 is 0 Å². The molecule has 0 radical (unpaired) electrons. The number of rotatable bonds is 20. The molecule has 0 aliphatic carbocycles. The smallest absolute Gasteiger partial charge is 0.308 e. The Labute approximate surface area is 174 Å². The molecule has 4 heteroatoms. The second-order valence-electron chi connectivity index (χ2n) is 7.94. The first-order valence-electron chi connectivity index (χ1n) is 12.0. The van der Waals surface area contributed by atoms with E-state index in [4.69, 9.17) is 9.47 Å². The quantitative estimate of drug-likeness (QED) is 0.121. The maximum absolute atomic E-state index is 12.1. The number of hydrogen-bond donors (Lipinski definition) is 0. The molecule has 28 heavy (non-hydrogen) atoms. The molecule has 4 nitrogen and oxygen atoms in total. The first-order chi connectivity index (χ1) is 13.6. The summed E-state index contributed by atoms with van der Waals surface area (Å²) >= 11 is 0. The van der Waals surface area contributed by atoms with Gasteiger partial charge in [0.1, 0.15) is 0 Å². The molecule has 1 unspecified atom stereocenters. The van der Waals surface area contributed by atoms with Crippen molar-refractivity contribution >= 4 is 11.9 Å². The van der Waals surface area contributed by atoms with Crippen molar-refractivity contribution in [1.82, 2.24) is 0 Å². The minimum absolute atomic E-state index is 0.230. The fourth-order valence-electron chi connectivity index (χ4n) is 3.21. The summed E-state index contributed by atoms with van der Waals surface area (Å²) in [6.07, 6.45) is 17.4. The molecule has 0 aromatic rings. The topological polar surface area (TPSA) is 52.6 Å². The van der Waals surface area contributed by atoms with Crippen molar-refractivity contribution in [3.8, 4) is 0 Å². The number of esters is 2. The van der Waals surface area contributed by atoms with E-state index in [0.717, 1.165) is 57.8 Å². The van der Waals surface area contributed by atoms with Crippen LogP contribution in [0, 0.1) is 0 Å². The molecule has 0 fully saturated rings. The summed E-state index contributed by atoms with van der Waals surface area (Å²) < 4.78 is 11.0. The summed E-state index contributed by atoms with van der Waals surface area (Å²) in [5.74, 6) is -0.464. The number of ether oxygens (including phenoxy) is 2. The molecule has 0 aliphatic rings. The largest absolute Gasteiger partial charge is 0.425 e. The van der Waals surface area contributed by atoms with Crippen molar-refractivity contribution in [3.05, 3.63) is 0 Å².